The van der Waals surface area contributed by atoms with Gasteiger partial charge in [0.15, 0.2) is 0 Å². The first kappa shape index (κ1) is 11.4. The molecule has 0 heterocycles. The van der Waals surface area contributed by atoms with Gasteiger partial charge in [-0.3, -0.25) is 4.79 Å². The van der Waals surface area contributed by atoms with Crippen LogP contribution < -0.4 is 11.1 Å². The number of nitrogens with one attached hydrogen (secondary N) is 1. The van der Waals surface area contributed by atoms with Crippen molar-refractivity contribution in [2.75, 3.05) is 27.2 Å². The molecule has 1 amide bonds. The van der Waals surface area contributed by atoms with Crippen molar-refractivity contribution in [1.29, 1.82) is 0 Å². The third-order valence-corrected chi connectivity index (χ3v) is 1.55. The molecule has 3 N–H and O–H groups in total. The number of carbonyl (C=O) groups is 1. The molecule has 4 nitrogen and oxygen atoms in total. The quantitative estimate of drug-likeness (QED) is 0.584. The van der Waals surface area contributed by atoms with E-state index in [1.54, 1.807) is 0 Å². The second-order valence-electron chi connectivity index (χ2n) is 3.26. The maximum atomic E-state index is 11.1. The Kier molecular flexibility index (Phi) is 5.66. The molecular weight excluding hydrogens is 154 g/mol. The van der Waals surface area contributed by atoms with Crippen LogP contribution in [0.15, 0.2) is 0 Å². The van der Waals surface area contributed by atoms with E-state index in [0.717, 1.165) is 6.54 Å². The van der Waals surface area contributed by atoms with Crippen molar-refractivity contribution < 1.29 is 4.79 Å². The Morgan fingerprint density at radius 2 is 2.17 bits per heavy atom. The first-order valence-corrected chi connectivity index (χ1v) is 4.20. The highest BCUT2D eigenvalue weighted by atomic mass is 16.1. The van der Waals surface area contributed by atoms with E-state index in [1.165, 1.54) is 0 Å². The SMILES string of the molecule is CC(CN)NC(=O)CCN(C)C. The van der Waals surface area contributed by atoms with E-state index in [-0.39, 0.29) is 11.9 Å². The minimum atomic E-state index is 0.0710. The zero-order chi connectivity index (χ0) is 9.56. The van der Waals surface area contributed by atoms with Crippen LogP contribution in [0, 0.1) is 0 Å². The first-order chi connectivity index (χ1) is 5.56. The van der Waals surface area contributed by atoms with Crippen LogP contribution in [-0.2, 0) is 4.79 Å². The number of hydrogen-bond donors (Lipinski definition) is 2. The zero-order valence-corrected chi connectivity index (χ0v) is 8.13. The molecule has 1 atom stereocenters. The fourth-order valence-electron chi connectivity index (χ4n) is 0.731. The standard InChI is InChI=1S/C8H19N3O/c1-7(6-9)10-8(12)4-5-11(2)3/h7H,4-6,9H2,1-3H3,(H,10,12). The second-order valence-corrected chi connectivity index (χ2v) is 3.26. The van der Waals surface area contributed by atoms with E-state index in [9.17, 15) is 4.79 Å². The molecule has 72 valence electrons. The van der Waals surface area contributed by atoms with E-state index in [1.807, 2.05) is 25.9 Å². The van der Waals surface area contributed by atoms with Crippen molar-refractivity contribution in [3.63, 3.8) is 0 Å². The Morgan fingerprint density at radius 1 is 1.58 bits per heavy atom. The van der Waals surface area contributed by atoms with E-state index >= 15 is 0 Å². The van der Waals surface area contributed by atoms with Gasteiger partial charge in [0.1, 0.15) is 0 Å². The van der Waals surface area contributed by atoms with Gasteiger partial charge in [-0.25, -0.2) is 0 Å². The predicted octanol–water partition coefficient (Wildman–Crippen LogP) is -0.598. The molecule has 0 fully saturated rings. The third kappa shape index (κ3) is 6.12. The van der Waals surface area contributed by atoms with E-state index in [2.05, 4.69) is 5.32 Å². The fourth-order valence-corrected chi connectivity index (χ4v) is 0.731. The van der Waals surface area contributed by atoms with Crippen LogP contribution in [0.25, 0.3) is 0 Å². The number of rotatable bonds is 5. The highest BCUT2D eigenvalue weighted by Crippen LogP contribution is 1.85. The molecular formula is C8H19N3O. The Hall–Kier alpha value is -0.610. The van der Waals surface area contributed by atoms with Crippen molar-refractivity contribution in [3.05, 3.63) is 0 Å². The minimum Gasteiger partial charge on any atom is -0.352 e. The summed E-state index contributed by atoms with van der Waals surface area (Å²) in [6.07, 6.45) is 0.539. The van der Waals surface area contributed by atoms with Gasteiger partial charge in [0.2, 0.25) is 5.91 Å². The van der Waals surface area contributed by atoms with Gasteiger partial charge in [0.25, 0.3) is 0 Å². The Bertz CT molecular complexity index is 136. The zero-order valence-electron chi connectivity index (χ0n) is 8.13. The predicted molar refractivity (Wildman–Crippen MR) is 49.8 cm³/mol. The van der Waals surface area contributed by atoms with Crippen molar-refractivity contribution in [2.45, 2.75) is 19.4 Å². The van der Waals surface area contributed by atoms with Crippen LogP contribution >= 0.6 is 0 Å². The van der Waals surface area contributed by atoms with E-state index < -0.39 is 0 Å². The summed E-state index contributed by atoms with van der Waals surface area (Å²) in [5.41, 5.74) is 5.35. The minimum absolute atomic E-state index is 0.0710. The van der Waals surface area contributed by atoms with Crippen molar-refractivity contribution in [1.82, 2.24) is 10.2 Å². The third-order valence-electron chi connectivity index (χ3n) is 1.55. The highest BCUT2D eigenvalue weighted by Gasteiger charge is 2.04. The average Bonchev–Trinajstić information content (AvgIpc) is 2.00. The van der Waals surface area contributed by atoms with Gasteiger partial charge >= 0.3 is 0 Å². The summed E-state index contributed by atoms with van der Waals surface area (Å²) in [6, 6.07) is 0.0830. The molecule has 0 saturated heterocycles. The molecule has 0 spiro atoms. The first-order valence-electron chi connectivity index (χ1n) is 4.20. The summed E-state index contributed by atoms with van der Waals surface area (Å²) in [5.74, 6) is 0.0710. The largest absolute Gasteiger partial charge is 0.352 e. The number of carbonyl (C=O) groups excluding carboxylic acids is 1. The lowest BCUT2D eigenvalue weighted by Gasteiger charge is -2.13. The smallest absolute Gasteiger partial charge is 0.221 e. The van der Waals surface area contributed by atoms with Crippen LogP contribution in [0.1, 0.15) is 13.3 Å². The molecule has 0 aliphatic heterocycles. The van der Waals surface area contributed by atoms with Crippen LogP contribution in [0.5, 0.6) is 0 Å². The van der Waals surface area contributed by atoms with E-state index in [4.69, 9.17) is 5.73 Å². The molecule has 0 bridgehead atoms. The molecule has 4 heteroatoms. The Labute approximate surface area is 74.1 Å². The van der Waals surface area contributed by atoms with Gasteiger partial charge < -0.3 is 16.0 Å². The molecule has 0 aromatic heterocycles. The van der Waals surface area contributed by atoms with Gasteiger partial charge in [0, 0.05) is 25.6 Å². The normalized spacial score (nSPS) is 13.1. The molecule has 0 aromatic carbocycles. The van der Waals surface area contributed by atoms with Crippen molar-refractivity contribution >= 4 is 5.91 Å². The average molecular weight is 173 g/mol. The number of nitrogens with zero attached hydrogens (tertiary/aromatic N) is 1. The number of nitrogens with two attached hydrogens (primary N) is 1. The molecule has 0 rings (SSSR count). The van der Waals surface area contributed by atoms with Crippen LogP contribution in [0.4, 0.5) is 0 Å². The van der Waals surface area contributed by atoms with Crippen molar-refractivity contribution in [2.24, 2.45) is 5.73 Å². The maximum Gasteiger partial charge on any atom is 0.221 e. The van der Waals surface area contributed by atoms with Gasteiger partial charge in [0.05, 0.1) is 0 Å². The lowest BCUT2D eigenvalue weighted by molar-refractivity contribution is -0.121. The molecule has 0 aromatic rings. The fraction of sp³-hybridized carbons (Fsp3) is 0.875. The van der Waals surface area contributed by atoms with Crippen LogP contribution in [-0.4, -0.2) is 44.0 Å². The molecule has 12 heavy (non-hydrogen) atoms. The van der Waals surface area contributed by atoms with Crippen LogP contribution in [0.3, 0.4) is 0 Å². The van der Waals surface area contributed by atoms with Gasteiger partial charge in [-0.2, -0.15) is 0 Å². The van der Waals surface area contributed by atoms with Crippen LogP contribution in [0.2, 0.25) is 0 Å². The number of hydrogen-bond acceptors (Lipinski definition) is 3. The van der Waals surface area contributed by atoms with Gasteiger partial charge in [-0.05, 0) is 21.0 Å². The molecule has 0 saturated carbocycles. The summed E-state index contributed by atoms with van der Waals surface area (Å²) in [5, 5.41) is 2.79. The highest BCUT2D eigenvalue weighted by molar-refractivity contribution is 5.76. The topological polar surface area (TPSA) is 58.4 Å². The van der Waals surface area contributed by atoms with Crippen molar-refractivity contribution in [3.8, 4) is 0 Å². The summed E-state index contributed by atoms with van der Waals surface area (Å²) in [4.78, 5) is 13.1. The maximum absolute atomic E-state index is 11.1. The Morgan fingerprint density at radius 3 is 2.58 bits per heavy atom. The van der Waals surface area contributed by atoms with Gasteiger partial charge in [-0.15, -0.1) is 0 Å². The monoisotopic (exact) mass is 173 g/mol. The Balaban J connectivity index is 3.46. The molecule has 0 aliphatic carbocycles. The van der Waals surface area contributed by atoms with Gasteiger partial charge in [-0.1, -0.05) is 0 Å². The molecule has 0 radical (unpaired) electrons. The second kappa shape index (κ2) is 5.97. The lowest BCUT2D eigenvalue weighted by atomic mass is 10.3. The summed E-state index contributed by atoms with van der Waals surface area (Å²) < 4.78 is 0. The summed E-state index contributed by atoms with van der Waals surface area (Å²) in [6.45, 7) is 3.17. The molecule has 0 aliphatic rings. The summed E-state index contributed by atoms with van der Waals surface area (Å²) in [7, 11) is 3.89. The number of amides is 1. The van der Waals surface area contributed by atoms with E-state index in [0.29, 0.717) is 13.0 Å². The lowest BCUT2D eigenvalue weighted by Crippen LogP contribution is -2.38. The summed E-state index contributed by atoms with van der Waals surface area (Å²) >= 11 is 0. The molecule has 1 unspecified atom stereocenters.